The van der Waals surface area contributed by atoms with Gasteiger partial charge < -0.3 is 4.57 Å². The Morgan fingerprint density at radius 3 is 2.67 bits per heavy atom. The number of benzene rings is 1. The number of amides is 1. The fraction of sp³-hybridized carbons (Fsp3) is 0.526. The van der Waals surface area contributed by atoms with Crippen molar-refractivity contribution in [2.45, 2.75) is 58.9 Å². The number of nitrogens with one attached hydrogen (secondary N) is 1. The topological polar surface area (TPSA) is 51.3 Å². The predicted molar refractivity (Wildman–Crippen MR) is 96.2 cm³/mol. The fourth-order valence-electron chi connectivity index (χ4n) is 3.33. The molecule has 5 heteroatoms. The number of hydrogen-bond acceptors (Lipinski definition) is 2. The summed E-state index contributed by atoms with van der Waals surface area (Å²) in [6.07, 6.45) is 3.74. The molecule has 1 aromatic carbocycles. The van der Waals surface area contributed by atoms with Crippen LogP contribution in [0.3, 0.4) is 0 Å². The lowest BCUT2D eigenvalue weighted by Gasteiger charge is -2.41. The lowest BCUT2D eigenvalue weighted by atomic mass is 9.78. The number of carbonyl (C=O) groups is 1. The number of anilines is 1. The highest BCUT2D eigenvalue weighted by molar-refractivity contribution is 5.92. The van der Waals surface area contributed by atoms with Gasteiger partial charge in [0.05, 0.1) is 17.6 Å². The number of carbonyl (C=O) groups excluding carboxylic acids is 1. The van der Waals surface area contributed by atoms with E-state index in [-0.39, 0.29) is 16.9 Å². The van der Waals surface area contributed by atoms with Gasteiger partial charge in [-0.25, -0.2) is 9.83 Å². The van der Waals surface area contributed by atoms with Crippen LogP contribution in [0.2, 0.25) is 0 Å². The minimum atomic E-state index is -0.0709. The molecule has 1 N–H and O–H groups in total. The fourth-order valence-corrected chi connectivity index (χ4v) is 3.33. The molecule has 1 aliphatic rings. The average molecular weight is 324 g/mol. The molecule has 0 unspecified atom stereocenters. The highest BCUT2D eigenvalue weighted by Crippen LogP contribution is 2.43. The maximum absolute atomic E-state index is 12.4. The molecule has 1 heterocycles. The highest BCUT2D eigenvalue weighted by atomic mass is 16.1. The minimum Gasteiger partial charge on any atom is -0.305 e. The van der Waals surface area contributed by atoms with E-state index >= 15 is 0 Å². The lowest BCUT2D eigenvalue weighted by molar-refractivity contribution is -0.117. The highest BCUT2D eigenvalue weighted by Gasteiger charge is 2.37. The number of rotatable bonds is 3. The van der Waals surface area contributed by atoms with Crippen LogP contribution >= 0.6 is 0 Å². The minimum absolute atomic E-state index is 0.0209. The van der Waals surface area contributed by atoms with Gasteiger partial charge in [0.25, 0.3) is 0 Å². The van der Waals surface area contributed by atoms with Gasteiger partial charge in [0.2, 0.25) is 11.9 Å². The quantitative estimate of drug-likeness (QED) is 0.820. The molecule has 1 saturated carbocycles. The summed E-state index contributed by atoms with van der Waals surface area (Å²) < 4.78 is 2.13. The molecule has 24 heavy (non-hydrogen) atoms. The first kappa shape index (κ1) is 16.5. The van der Waals surface area contributed by atoms with E-state index in [4.69, 9.17) is 6.57 Å². The Balaban J connectivity index is 2.05. The molecule has 0 atom stereocenters. The van der Waals surface area contributed by atoms with Gasteiger partial charge in [-0.1, -0.05) is 26.8 Å². The first-order valence-corrected chi connectivity index (χ1v) is 8.42. The van der Waals surface area contributed by atoms with Gasteiger partial charge in [-0.05, 0) is 43.7 Å². The van der Waals surface area contributed by atoms with Crippen LogP contribution in [-0.4, -0.2) is 15.5 Å². The molecule has 0 spiro atoms. The van der Waals surface area contributed by atoms with Gasteiger partial charge in [0.15, 0.2) is 5.69 Å². The number of hydrogen-bond donors (Lipinski definition) is 1. The van der Waals surface area contributed by atoms with E-state index in [1.54, 1.807) is 6.07 Å². The monoisotopic (exact) mass is 324 g/mol. The van der Waals surface area contributed by atoms with Crippen molar-refractivity contribution in [2.75, 3.05) is 5.32 Å². The number of imidazole rings is 1. The van der Waals surface area contributed by atoms with E-state index in [1.165, 1.54) is 6.42 Å². The number of aromatic nitrogens is 2. The molecule has 126 valence electrons. The molecule has 0 bridgehead atoms. The Morgan fingerprint density at radius 2 is 2.12 bits per heavy atom. The Morgan fingerprint density at radius 1 is 1.42 bits per heavy atom. The Hall–Kier alpha value is -2.35. The summed E-state index contributed by atoms with van der Waals surface area (Å²) in [5.74, 6) is 0.580. The molecule has 3 rings (SSSR count). The maximum Gasteiger partial charge on any atom is 0.227 e. The normalized spacial score (nSPS) is 16.5. The molecule has 1 aromatic heterocycles. The SMILES string of the molecule is [C-]#[N+]c1ccc2nc(NC(=O)CC(C)(C)C)n(C3(C)CCC3)c2c1. The van der Waals surface area contributed by atoms with Crippen molar-refractivity contribution < 1.29 is 4.79 Å². The van der Waals surface area contributed by atoms with E-state index in [0.717, 1.165) is 23.9 Å². The zero-order chi connectivity index (χ0) is 17.5. The smallest absolute Gasteiger partial charge is 0.227 e. The van der Waals surface area contributed by atoms with Crippen LogP contribution in [0.4, 0.5) is 11.6 Å². The third-order valence-electron chi connectivity index (χ3n) is 4.68. The van der Waals surface area contributed by atoms with Crippen LogP contribution in [0.1, 0.15) is 53.4 Å². The molecule has 2 aromatic rings. The van der Waals surface area contributed by atoms with Crippen LogP contribution in [-0.2, 0) is 10.3 Å². The van der Waals surface area contributed by atoms with Crippen LogP contribution in [0, 0.1) is 12.0 Å². The Bertz CT molecular complexity index is 831. The second kappa shape index (κ2) is 5.62. The van der Waals surface area contributed by atoms with Crippen molar-refractivity contribution in [3.63, 3.8) is 0 Å². The van der Waals surface area contributed by atoms with E-state index in [2.05, 4.69) is 26.6 Å². The second-order valence-corrected chi connectivity index (χ2v) is 8.19. The van der Waals surface area contributed by atoms with Crippen molar-refractivity contribution in [3.05, 3.63) is 29.6 Å². The molecule has 5 nitrogen and oxygen atoms in total. The standard InChI is InChI=1S/C19H24N4O/c1-18(2,3)12-16(24)22-17-21-14-8-7-13(20-5)11-15(14)23(17)19(4)9-6-10-19/h7-8,11H,6,9-10,12H2,1-4H3,(H,21,22,24). The van der Waals surface area contributed by atoms with Crippen molar-refractivity contribution in [1.29, 1.82) is 0 Å². The van der Waals surface area contributed by atoms with Gasteiger partial charge >= 0.3 is 0 Å². The van der Waals surface area contributed by atoms with Crippen molar-refractivity contribution in [1.82, 2.24) is 9.55 Å². The van der Waals surface area contributed by atoms with Crippen molar-refractivity contribution >= 4 is 28.6 Å². The van der Waals surface area contributed by atoms with E-state index in [0.29, 0.717) is 18.1 Å². The van der Waals surface area contributed by atoms with E-state index in [9.17, 15) is 4.79 Å². The average Bonchev–Trinajstić information content (AvgIpc) is 2.79. The van der Waals surface area contributed by atoms with E-state index in [1.807, 2.05) is 32.9 Å². The van der Waals surface area contributed by atoms with Crippen LogP contribution in [0.25, 0.3) is 15.9 Å². The van der Waals surface area contributed by atoms with Gasteiger partial charge in [-0.15, -0.1) is 0 Å². The van der Waals surface area contributed by atoms with Crippen LogP contribution in [0.5, 0.6) is 0 Å². The molecular weight excluding hydrogens is 300 g/mol. The molecule has 0 radical (unpaired) electrons. The summed E-state index contributed by atoms with van der Waals surface area (Å²) in [6, 6.07) is 5.51. The van der Waals surface area contributed by atoms with Gasteiger partial charge in [-0.2, -0.15) is 0 Å². The lowest BCUT2D eigenvalue weighted by Crippen LogP contribution is -2.38. The van der Waals surface area contributed by atoms with Crippen LogP contribution < -0.4 is 5.32 Å². The van der Waals surface area contributed by atoms with Gasteiger partial charge in [0, 0.05) is 12.0 Å². The summed E-state index contributed by atoms with van der Waals surface area (Å²) in [4.78, 5) is 20.6. The number of nitrogens with zero attached hydrogens (tertiary/aromatic N) is 3. The summed E-state index contributed by atoms with van der Waals surface area (Å²) in [6.45, 7) is 15.6. The molecule has 1 amide bonds. The van der Waals surface area contributed by atoms with Crippen molar-refractivity contribution in [3.8, 4) is 0 Å². The van der Waals surface area contributed by atoms with Crippen molar-refractivity contribution in [2.24, 2.45) is 5.41 Å². The summed E-state index contributed by atoms with van der Waals surface area (Å²) in [5.41, 5.74) is 2.23. The Kier molecular flexibility index (Phi) is 3.87. The van der Waals surface area contributed by atoms with Gasteiger partial charge in [-0.3, -0.25) is 10.1 Å². The molecule has 0 saturated heterocycles. The maximum atomic E-state index is 12.4. The predicted octanol–water partition coefficient (Wildman–Crippen LogP) is 4.86. The van der Waals surface area contributed by atoms with Crippen LogP contribution in [0.15, 0.2) is 18.2 Å². The molecular formula is C19H24N4O. The third kappa shape index (κ3) is 3.01. The first-order valence-electron chi connectivity index (χ1n) is 8.42. The zero-order valence-corrected chi connectivity index (χ0v) is 14.8. The molecule has 1 fully saturated rings. The summed E-state index contributed by atoms with van der Waals surface area (Å²) in [7, 11) is 0. The summed E-state index contributed by atoms with van der Waals surface area (Å²) in [5, 5.41) is 3.00. The zero-order valence-electron chi connectivity index (χ0n) is 14.8. The largest absolute Gasteiger partial charge is 0.305 e. The first-order chi connectivity index (χ1) is 11.2. The van der Waals surface area contributed by atoms with Gasteiger partial charge in [0.1, 0.15) is 0 Å². The third-order valence-corrected chi connectivity index (χ3v) is 4.68. The number of fused-ring (bicyclic) bond motifs is 1. The molecule has 1 aliphatic carbocycles. The summed E-state index contributed by atoms with van der Waals surface area (Å²) >= 11 is 0. The molecule has 0 aliphatic heterocycles. The van der Waals surface area contributed by atoms with E-state index < -0.39 is 0 Å². The second-order valence-electron chi connectivity index (χ2n) is 8.19. The Labute approximate surface area is 142 Å².